The summed E-state index contributed by atoms with van der Waals surface area (Å²) in [4.78, 5) is 16.3. The molecule has 1 aromatic heterocycles. The lowest BCUT2D eigenvalue weighted by Gasteiger charge is -2.24. The van der Waals surface area contributed by atoms with Gasteiger partial charge in [-0.1, -0.05) is 23.9 Å². The summed E-state index contributed by atoms with van der Waals surface area (Å²) in [5, 5.41) is 0.117. The molecule has 98 valence electrons. The van der Waals surface area contributed by atoms with Crippen molar-refractivity contribution in [1.29, 1.82) is 0 Å². The van der Waals surface area contributed by atoms with Crippen LogP contribution < -0.4 is 0 Å². The highest BCUT2D eigenvalue weighted by Crippen LogP contribution is 2.39. The molecular formula is C13H11NO3S2. The number of thiazole rings is 1. The van der Waals surface area contributed by atoms with Crippen molar-refractivity contribution in [3.8, 4) is 0 Å². The molecular weight excluding hydrogens is 282 g/mol. The van der Waals surface area contributed by atoms with E-state index in [-0.39, 0.29) is 17.1 Å². The third-order valence-corrected chi connectivity index (χ3v) is 5.75. The predicted octanol–water partition coefficient (Wildman–Crippen LogP) is 2.47. The van der Waals surface area contributed by atoms with Crippen molar-refractivity contribution < 1.29 is 14.3 Å². The number of hydrogen-bond acceptors (Lipinski definition) is 6. The highest BCUT2D eigenvalue weighted by atomic mass is 32.2. The molecule has 2 saturated heterocycles. The van der Waals surface area contributed by atoms with Crippen molar-refractivity contribution in [2.24, 2.45) is 0 Å². The average Bonchev–Trinajstić information content (AvgIpc) is 3.00. The van der Waals surface area contributed by atoms with Crippen LogP contribution in [0.5, 0.6) is 0 Å². The predicted molar refractivity (Wildman–Crippen MR) is 73.5 cm³/mol. The molecule has 3 heterocycles. The number of benzene rings is 1. The number of rotatable bonds is 2. The van der Waals surface area contributed by atoms with Crippen LogP contribution in [0.2, 0.25) is 0 Å². The Morgan fingerprint density at radius 1 is 1.37 bits per heavy atom. The normalized spacial score (nSPS) is 30.1. The molecule has 2 aliphatic rings. The van der Waals surface area contributed by atoms with Gasteiger partial charge < -0.3 is 9.47 Å². The van der Waals surface area contributed by atoms with Crippen LogP contribution in [0.4, 0.5) is 0 Å². The number of carbonyl (C=O) groups is 1. The van der Waals surface area contributed by atoms with Gasteiger partial charge in [0.2, 0.25) is 6.29 Å². The Morgan fingerprint density at radius 3 is 3.16 bits per heavy atom. The maximum atomic E-state index is 11.7. The van der Waals surface area contributed by atoms with Crippen LogP contribution in [0.3, 0.4) is 0 Å². The molecule has 2 aliphatic heterocycles. The Labute approximate surface area is 118 Å². The van der Waals surface area contributed by atoms with Crippen molar-refractivity contribution in [3.63, 3.8) is 0 Å². The first kappa shape index (κ1) is 11.8. The quantitative estimate of drug-likeness (QED) is 0.851. The van der Waals surface area contributed by atoms with Gasteiger partial charge in [-0.25, -0.2) is 4.98 Å². The second-order valence-electron chi connectivity index (χ2n) is 4.61. The Morgan fingerprint density at radius 2 is 2.26 bits per heavy atom. The molecule has 4 rings (SSSR count). The Bertz CT molecular complexity index is 609. The number of nitrogens with zero attached hydrogens (tertiary/aromatic N) is 1. The van der Waals surface area contributed by atoms with E-state index >= 15 is 0 Å². The van der Waals surface area contributed by atoms with E-state index in [0.717, 1.165) is 9.86 Å². The molecule has 3 atom stereocenters. The molecule has 0 amide bonds. The Balaban J connectivity index is 1.58. The van der Waals surface area contributed by atoms with Crippen molar-refractivity contribution in [3.05, 3.63) is 24.3 Å². The average molecular weight is 293 g/mol. The highest BCUT2D eigenvalue weighted by molar-refractivity contribution is 8.01. The van der Waals surface area contributed by atoms with E-state index in [2.05, 4.69) is 11.1 Å². The van der Waals surface area contributed by atoms with Crippen molar-refractivity contribution in [2.75, 3.05) is 6.61 Å². The molecule has 6 heteroatoms. The molecule has 0 aliphatic carbocycles. The molecule has 2 aromatic rings. The summed E-state index contributed by atoms with van der Waals surface area (Å²) in [6.45, 7) is 0.513. The largest absolute Gasteiger partial charge is 0.343 e. The molecule has 0 unspecified atom stereocenters. The fourth-order valence-corrected chi connectivity index (χ4v) is 4.84. The maximum absolute atomic E-state index is 11.7. The smallest absolute Gasteiger partial charge is 0.218 e. The molecule has 2 fully saturated rings. The third-order valence-electron chi connectivity index (χ3n) is 3.32. The second kappa shape index (κ2) is 4.56. The Kier molecular flexibility index (Phi) is 2.84. The van der Waals surface area contributed by atoms with Gasteiger partial charge in [0.05, 0.1) is 22.9 Å². The summed E-state index contributed by atoms with van der Waals surface area (Å²) in [6.07, 6.45) is -0.0902. The lowest BCUT2D eigenvalue weighted by atomic mass is 10.1. The second-order valence-corrected chi connectivity index (χ2v) is 7.13. The monoisotopic (exact) mass is 293 g/mol. The van der Waals surface area contributed by atoms with E-state index in [4.69, 9.17) is 9.47 Å². The standard InChI is InChI=1S/C13H11NO3S2/c15-8-5-11(9-6-16-12(8)17-9)19-13-14-7-3-1-2-4-10(7)18-13/h1-4,9,11-12H,5-6H2/t9-,11+,12-/m0/s1. The van der Waals surface area contributed by atoms with Gasteiger partial charge in [-0.05, 0) is 12.1 Å². The summed E-state index contributed by atoms with van der Waals surface area (Å²) in [6, 6.07) is 8.07. The lowest BCUT2D eigenvalue weighted by Crippen LogP contribution is -2.37. The number of thioether (sulfide) groups is 1. The van der Waals surface area contributed by atoms with Gasteiger partial charge in [-0.3, -0.25) is 4.79 Å². The number of aromatic nitrogens is 1. The van der Waals surface area contributed by atoms with E-state index in [0.29, 0.717) is 13.0 Å². The zero-order valence-corrected chi connectivity index (χ0v) is 11.6. The molecule has 19 heavy (non-hydrogen) atoms. The summed E-state index contributed by atoms with van der Waals surface area (Å²) in [5.41, 5.74) is 1.01. The summed E-state index contributed by atoms with van der Waals surface area (Å²) in [5.74, 6) is 0.0485. The minimum Gasteiger partial charge on any atom is -0.343 e. The molecule has 4 nitrogen and oxygen atoms in total. The first-order valence-corrected chi connectivity index (χ1v) is 7.81. The summed E-state index contributed by atoms with van der Waals surface area (Å²) < 4.78 is 13.0. The van der Waals surface area contributed by atoms with Crippen LogP contribution in [0, 0.1) is 0 Å². The number of carbonyl (C=O) groups excluding carboxylic acids is 1. The molecule has 0 N–H and O–H groups in total. The van der Waals surface area contributed by atoms with E-state index in [1.165, 1.54) is 4.70 Å². The number of Topliss-reactive ketones (excluding diaryl/α,β-unsaturated/α-hetero) is 1. The summed E-state index contributed by atoms with van der Waals surface area (Å²) in [7, 11) is 0. The van der Waals surface area contributed by atoms with Crippen molar-refractivity contribution in [2.45, 2.75) is 28.4 Å². The number of ketones is 1. The minimum atomic E-state index is -0.614. The first-order chi connectivity index (χ1) is 9.29. The summed E-state index contributed by atoms with van der Waals surface area (Å²) >= 11 is 3.30. The van der Waals surface area contributed by atoms with Gasteiger partial charge in [-0.2, -0.15) is 0 Å². The molecule has 2 bridgehead atoms. The molecule has 0 spiro atoms. The lowest BCUT2D eigenvalue weighted by molar-refractivity contribution is -0.151. The van der Waals surface area contributed by atoms with Gasteiger partial charge in [0.25, 0.3) is 0 Å². The minimum absolute atomic E-state index is 0.0136. The maximum Gasteiger partial charge on any atom is 0.218 e. The van der Waals surface area contributed by atoms with Gasteiger partial charge >= 0.3 is 0 Å². The number of fused-ring (bicyclic) bond motifs is 3. The first-order valence-electron chi connectivity index (χ1n) is 6.11. The van der Waals surface area contributed by atoms with E-state index in [1.54, 1.807) is 23.1 Å². The number of hydrogen-bond donors (Lipinski definition) is 0. The van der Waals surface area contributed by atoms with Gasteiger partial charge in [0.1, 0.15) is 0 Å². The van der Waals surface area contributed by atoms with Crippen LogP contribution in [0.1, 0.15) is 6.42 Å². The van der Waals surface area contributed by atoms with Gasteiger partial charge in [0.15, 0.2) is 10.1 Å². The SMILES string of the molecule is O=C1C[C@@H](Sc2nc3ccccc3s2)[C@@H]2CO[C@H]1O2. The fraction of sp³-hybridized carbons (Fsp3) is 0.385. The topological polar surface area (TPSA) is 48.4 Å². The fourth-order valence-electron chi connectivity index (χ4n) is 2.36. The van der Waals surface area contributed by atoms with Crippen LogP contribution in [0.25, 0.3) is 10.2 Å². The van der Waals surface area contributed by atoms with Crippen LogP contribution in [0.15, 0.2) is 28.6 Å². The Hall–Kier alpha value is -0.950. The highest BCUT2D eigenvalue weighted by Gasteiger charge is 2.43. The van der Waals surface area contributed by atoms with Crippen molar-refractivity contribution in [1.82, 2.24) is 4.98 Å². The van der Waals surface area contributed by atoms with E-state index in [9.17, 15) is 4.79 Å². The number of ether oxygens (including phenoxy) is 2. The van der Waals surface area contributed by atoms with Crippen LogP contribution in [-0.2, 0) is 14.3 Å². The molecule has 0 saturated carbocycles. The zero-order valence-electron chi connectivity index (χ0n) is 9.94. The number of para-hydroxylation sites is 1. The van der Waals surface area contributed by atoms with Crippen LogP contribution >= 0.6 is 23.1 Å². The van der Waals surface area contributed by atoms with Crippen LogP contribution in [-0.4, -0.2) is 35.0 Å². The van der Waals surface area contributed by atoms with E-state index in [1.807, 2.05) is 18.2 Å². The van der Waals surface area contributed by atoms with Gasteiger partial charge in [-0.15, -0.1) is 11.3 Å². The van der Waals surface area contributed by atoms with Gasteiger partial charge in [0, 0.05) is 11.7 Å². The third kappa shape index (κ3) is 2.08. The van der Waals surface area contributed by atoms with E-state index < -0.39 is 6.29 Å². The van der Waals surface area contributed by atoms with Crippen molar-refractivity contribution >= 4 is 39.1 Å². The molecule has 1 aromatic carbocycles. The zero-order chi connectivity index (χ0) is 12.8. The molecule has 0 radical (unpaired) electrons.